The molecule has 0 spiro atoms. The molecule has 3 amide bonds. The number of rotatable bonds is 4. The first kappa shape index (κ1) is 14.5. The van der Waals surface area contributed by atoms with Crippen LogP contribution in [0, 0.1) is 0 Å². The van der Waals surface area contributed by atoms with Gasteiger partial charge in [0.1, 0.15) is 5.60 Å². The van der Waals surface area contributed by atoms with Gasteiger partial charge in [0.15, 0.2) is 0 Å². The molecule has 7 heteroatoms. The molecule has 0 saturated carbocycles. The van der Waals surface area contributed by atoms with Gasteiger partial charge in [0.2, 0.25) is 0 Å². The Hall–Kier alpha value is -1.50. The number of aliphatic hydroxyl groups excluding tert-OH is 1. The van der Waals surface area contributed by atoms with Crippen LogP contribution in [0.5, 0.6) is 0 Å². The first-order chi connectivity index (χ1) is 7.20. The molecule has 7 nitrogen and oxygen atoms in total. The van der Waals surface area contributed by atoms with Crippen LogP contribution in [0.25, 0.3) is 0 Å². The van der Waals surface area contributed by atoms with Crippen LogP contribution in [0.4, 0.5) is 9.59 Å². The van der Waals surface area contributed by atoms with E-state index in [1.807, 2.05) is 0 Å². The van der Waals surface area contributed by atoms with Crippen molar-refractivity contribution in [2.75, 3.05) is 13.1 Å². The van der Waals surface area contributed by atoms with Crippen molar-refractivity contribution in [1.82, 2.24) is 10.6 Å². The summed E-state index contributed by atoms with van der Waals surface area (Å²) in [5.74, 6) is 0. The minimum Gasteiger partial charge on any atom is -0.444 e. The minimum atomic E-state index is -0.903. The Morgan fingerprint density at radius 2 is 1.81 bits per heavy atom. The molecule has 0 fully saturated rings. The fourth-order valence-electron chi connectivity index (χ4n) is 0.806. The standard InChI is InChI=1S/C9H19N3O4/c1-9(2,3)16-8(15)12-5-6(13)4-11-7(10)14/h6,13H,4-5H2,1-3H3,(H,12,15)(H3,10,11,14). The van der Waals surface area contributed by atoms with Crippen molar-refractivity contribution in [3.63, 3.8) is 0 Å². The van der Waals surface area contributed by atoms with Crippen LogP contribution in [0.1, 0.15) is 20.8 Å². The average molecular weight is 233 g/mol. The fourth-order valence-corrected chi connectivity index (χ4v) is 0.806. The number of hydrogen-bond acceptors (Lipinski definition) is 4. The van der Waals surface area contributed by atoms with Crippen LogP contribution in [0.2, 0.25) is 0 Å². The summed E-state index contributed by atoms with van der Waals surface area (Å²) in [5, 5.41) is 13.9. The van der Waals surface area contributed by atoms with E-state index in [1.54, 1.807) is 20.8 Å². The maximum Gasteiger partial charge on any atom is 0.407 e. The van der Waals surface area contributed by atoms with Gasteiger partial charge in [0, 0.05) is 13.1 Å². The Kier molecular flexibility index (Phi) is 5.59. The SMILES string of the molecule is CC(C)(C)OC(=O)NCC(O)CNC(N)=O. The van der Waals surface area contributed by atoms with Gasteiger partial charge in [-0.1, -0.05) is 0 Å². The van der Waals surface area contributed by atoms with E-state index in [4.69, 9.17) is 10.5 Å². The number of primary amides is 1. The average Bonchev–Trinajstić information content (AvgIpc) is 2.08. The van der Waals surface area contributed by atoms with Crippen LogP contribution < -0.4 is 16.4 Å². The summed E-state index contributed by atoms with van der Waals surface area (Å²) >= 11 is 0. The van der Waals surface area contributed by atoms with Crippen molar-refractivity contribution in [2.24, 2.45) is 5.73 Å². The topological polar surface area (TPSA) is 114 Å². The van der Waals surface area contributed by atoms with Crippen molar-refractivity contribution in [1.29, 1.82) is 0 Å². The van der Waals surface area contributed by atoms with Gasteiger partial charge in [-0.2, -0.15) is 0 Å². The van der Waals surface area contributed by atoms with E-state index in [-0.39, 0.29) is 13.1 Å². The number of nitrogens with two attached hydrogens (primary N) is 1. The van der Waals surface area contributed by atoms with Crippen molar-refractivity contribution in [3.05, 3.63) is 0 Å². The summed E-state index contributed by atoms with van der Waals surface area (Å²) < 4.78 is 4.94. The normalized spacial score (nSPS) is 12.8. The third kappa shape index (κ3) is 9.07. The van der Waals surface area contributed by atoms with Gasteiger partial charge in [0.25, 0.3) is 0 Å². The molecule has 1 atom stereocenters. The maximum atomic E-state index is 11.1. The van der Waals surface area contributed by atoms with Gasteiger partial charge in [-0.25, -0.2) is 9.59 Å². The molecule has 0 rings (SSSR count). The Morgan fingerprint density at radius 3 is 2.25 bits per heavy atom. The van der Waals surface area contributed by atoms with Gasteiger partial charge in [-0.3, -0.25) is 0 Å². The number of ether oxygens (including phenoxy) is 1. The maximum absolute atomic E-state index is 11.1. The quantitative estimate of drug-likeness (QED) is 0.526. The zero-order valence-corrected chi connectivity index (χ0v) is 9.74. The lowest BCUT2D eigenvalue weighted by Gasteiger charge is -2.20. The van der Waals surface area contributed by atoms with Crippen molar-refractivity contribution < 1.29 is 19.4 Å². The van der Waals surface area contributed by atoms with E-state index in [0.29, 0.717) is 0 Å². The van der Waals surface area contributed by atoms with Crippen LogP contribution >= 0.6 is 0 Å². The lowest BCUT2D eigenvalue weighted by atomic mass is 10.2. The number of urea groups is 1. The molecular weight excluding hydrogens is 214 g/mol. The number of nitrogens with one attached hydrogen (secondary N) is 2. The molecule has 0 saturated heterocycles. The molecular formula is C9H19N3O4. The lowest BCUT2D eigenvalue weighted by Crippen LogP contribution is -2.42. The van der Waals surface area contributed by atoms with E-state index < -0.39 is 23.8 Å². The molecule has 0 aromatic heterocycles. The lowest BCUT2D eigenvalue weighted by molar-refractivity contribution is 0.0493. The van der Waals surface area contributed by atoms with Gasteiger partial charge in [-0.05, 0) is 20.8 Å². The molecule has 0 aliphatic rings. The Morgan fingerprint density at radius 1 is 1.31 bits per heavy atom. The second-order valence-electron chi connectivity index (χ2n) is 4.28. The highest BCUT2D eigenvalue weighted by Crippen LogP contribution is 2.06. The third-order valence-corrected chi connectivity index (χ3v) is 1.39. The van der Waals surface area contributed by atoms with Gasteiger partial charge in [-0.15, -0.1) is 0 Å². The molecule has 0 radical (unpaired) electrons. The fraction of sp³-hybridized carbons (Fsp3) is 0.778. The molecule has 0 aromatic carbocycles. The Bertz CT molecular complexity index is 250. The van der Waals surface area contributed by atoms with E-state index in [2.05, 4.69) is 10.6 Å². The van der Waals surface area contributed by atoms with E-state index >= 15 is 0 Å². The van der Waals surface area contributed by atoms with Gasteiger partial charge in [0.05, 0.1) is 6.10 Å². The second-order valence-corrected chi connectivity index (χ2v) is 4.28. The zero-order chi connectivity index (χ0) is 12.8. The van der Waals surface area contributed by atoms with Crippen LogP contribution in [-0.4, -0.2) is 42.0 Å². The second kappa shape index (κ2) is 6.16. The molecule has 0 aromatic rings. The highest BCUT2D eigenvalue weighted by atomic mass is 16.6. The molecule has 94 valence electrons. The number of carbonyl (C=O) groups excluding carboxylic acids is 2. The number of alkyl carbamates (subject to hydrolysis) is 1. The number of amides is 3. The predicted molar refractivity (Wildman–Crippen MR) is 57.8 cm³/mol. The zero-order valence-electron chi connectivity index (χ0n) is 9.74. The predicted octanol–water partition coefficient (Wildman–Crippen LogP) is -0.460. The molecule has 16 heavy (non-hydrogen) atoms. The number of hydrogen-bond donors (Lipinski definition) is 4. The van der Waals surface area contributed by atoms with Crippen molar-refractivity contribution in [3.8, 4) is 0 Å². The first-order valence-corrected chi connectivity index (χ1v) is 4.89. The summed E-state index contributed by atoms with van der Waals surface area (Å²) in [6.07, 6.45) is -1.52. The van der Waals surface area contributed by atoms with Gasteiger partial charge < -0.3 is 26.2 Å². The largest absolute Gasteiger partial charge is 0.444 e. The Labute approximate surface area is 94.3 Å². The third-order valence-electron chi connectivity index (χ3n) is 1.39. The molecule has 1 unspecified atom stereocenters. The number of aliphatic hydroxyl groups is 1. The monoisotopic (exact) mass is 233 g/mol. The van der Waals surface area contributed by atoms with E-state index in [1.165, 1.54) is 0 Å². The van der Waals surface area contributed by atoms with E-state index in [0.717, 1.165) is 0 Å². The van der Waals surface area contributed by atoms with Gasteiger partial charge >= 0.3 is 12.1 Å². The van der Waals surface area contributed by atoms with E-state index in [9.17, 15) is 14.7 Å². The summed E-state index contributed by atoms with van der Waals surface area (Å²) in [6.45, 7) is 5.16. The smallest absolute Gasteiger partial charge is 0.407 e. The summed E-state index contributed by atoms with van der Waals surface area (Å²) in [5.41, 5.74) is 4.22. The van der Waals surface area contributed by atoms with Crippen LogP contribution in [0.15, 0.2) is 0 Å². The van der Waals surface area contributed by atoms with Crippen molar-refractivity contribution >= 4 is 12.1 Å². The highest BCUT2D eigenvalue weighted by Gasteiger charge is 2.16. The van der Waals surface area contributed by atoms with Crippen molar-refractivity contribution in [2.45, 2.75) is 32.5 Å². The minimum absolute atomic E-state index is 0.0187. The number of carbonyl (C=O) groups is 2. The summed E-state index contributed by atoms with van der Waals surface area (Å²) in [6, 6.07) is -0.726. The molecule has 0 aliphatic heterocycles. The van der Waals surface area contributed by atoms with Crippen LogP contribution in [-0.2, 0) is 4.74 Å². The highest BCUT2D eigenvalue weighted by molar-refractivity contribution is 5.71. The summed E-state index contributed by atoms with van der Waals surface area (Å²) in [7, 11) is 0. The van der Waals surface area contributed by atoms with Crippen LogP contribution in [0.3, 0.4) is 0 Å². The Balaban J connectivity index is 3.71. The summed E-state index contributed by atoms with van der Waals surface area (Å²) in [4.78, 5) is 21.5. The molecule has 0 bridgehead atoms. The first-order valence-electron chi connectivity index (χ1n) is 4.89. The molecule has 0 aliphatic carbocycles. The molecule has 0 heterocycles. The molecule has 5 N–H and O–H groups in total.